The van der Waals surface area contributed by atoms with E-state index in [9.17, 15) is 0 Å². The van der Waals surface area contributed by atoms with Crippen molar-refractivity contribution in [2.24, 2.45) is 5.92 Å². The van der Waals surface area contributed by atoms with Crippen LogP contribution in [0.2, 0.25) is 0 Å². The molecule has 3 aromatic carbocycles. The second-order valence-corrected chi connectivity index (χ2v) is 8.44. The van der Waals surface area contributed by atoms with Crippen LogP contribution in [-0.2, 0) is 12.8 Å². The molecule has 0 N–H and O–H groups in total. The van der Waals surface area contributed by atoms with E-state index in [1.54, 1.807) is 0 Å². The van der Waals surface area contributed by atoms with E-state index in [-0.39, 0.29) is 0 Å². The first-order chi connectivity index (χ1) is 13.6. The summed E-state index contributed by atoms with van der Waals surface area (Å²) in [7, 11) is 0. The van der Waals surface area contributed by atoms with Gasteiger partial charge in [0.1, 0.15) is 0 Å². The lowest BCUT2D eigenvalue weighted by Crippen LogP contribution is -1.97. The van der Waals surface area contributed by atoms with E-state index in [1.807, 2.05) is 6.20 Å². The monoisotopic (exact) mass is 363 g/mol. The Bertz CT molecular complexity index is 1200. The molecule has 0 saturated carbocycles. The normalized spacial score (nSPS) is 12.4. The molecule has 0 fully saturated rings. The number of fused-ring (bicyclic) bond motifs is 4. The average molecular weight is 364 g/mol. The zero-order valence-electron chi connectivity index (χ0n) is 16.8. The summed E-state index contributed by atoms with van der Waals surface area (Å²) in [4.78, 5) is 4.88. The molecule has 0 atom stereocenters. The molecule has 0 aliphatic heterocycles. The van der Waals surface area contributed by atoms with Gasteiger partial charge >= 0.3 is 0 Å². The zero-order valence-corrected chi connectivity index (χ0v) is 16.8. The van der Waals surface area contributed by atoms with Crippen molar-refractivity contribution < 1.29 is 0 Å². The molecule has 28 heavy (non-hydrogen) atoms. The van der Waals surface area contributed by atoms with E-state index in [1.165, 1.54) is 49.7 Å². The SMILES string of the molecule is Cc1cc2c(c(-c3nccc4c(CC(C)C)cccc34)c1)Cc1ccccc1-2. The highest BCUT2D eigenvalue weighted by Crippen LogP contribution is 2.43. The van der Waals surface area contributed by atoms with Crippen molar-refractivity contribution in [1.82, 2.24) is 4.98 Å². The second-order valence-electron chi connectivity index (χ2n) is 8.44. The Morgan fingerprint density at radius 2 is 1.68 bits per heavy atom. The Morgan fingerprint density at radius 3 is 2.54 bits per heavy atom. The topological polar surface area (TPSA) is 12.9 Å². The summed E-state index contributed by atoms with van der Waals surface area (Å²) in [6.07, 6.45) is 4.07. The lowest BCUT2D eigenvalue weighted by molar-refractivity contribution is 0.650. The molecule has 1 aliphatic carbocycles. The highest BCUT2D eigenvalue weighted by Gasteiger charge is 2.23. The second kappa shape index (κ2) is 6.60. The van der Waals surface area contributed by atoms with Gasteiger partial charge in [0, 0.05) is 17.1 Å². The van der Waals surface area contributed by atoms with Crippen LogP contribution in [-0.4, -0.2) is 4.98 Å². The van der Waals surface area contributed by atoms with Gasteiger partial charge in [-0.15, -0.1) is 0 Å². The Kier molecular flexibility index (Phi) is 4.05. The summed E-state index contributed by atoms with van der Waals surface area (Å²) in [5.41, 5.74) is 10.7. The first-order valence-corrected chi connectivity index (χ1v) is 10.2. The van der Waals surface area contributed by atoms with Gasteiger partial charge in [-0.25, -0.2) is 0 Å². The van der Waals surface area contributed by atoms with Crippen molar-refractivity contribution in [2.45, 2.75) is 33.6 Å². The van der Waals surface area contributed by atoms with Crippen LogP contribution in [0.5, 0.6) is 0 Å². The minimum absolute atomic E-state index is 0.639. The summed E-state index contributed by atoms with van der Waals surface area (Å²) in [5, 5.41) is 2.61. The molecular weight excluding hydrogens is 338 g/mol. The van der Waals surface area contributed by atoms with Crippen molar-refractivity contribution in [3.8, 4) is 22.4 Å². The third kappa shape index (κ3) is 2.74. The number of nitrogens with zero attached hydrogens (tertiary/aromatic N) is 1. The Labute approximate surface area is 167 Å². The zero-order chi connectivity index (χ0) is 19.3. The van der Waals surface area contributed by atoms with Crippen molar-refractivity contribution in [3.63, 3.8) is 0 Å². The fraction of sp³-hybridized carbons (Fsp3) is 0.222. The Balaban J connectivity index is 1.76. The number of rotatable bonds is 3. The predicted molar refractivity (Wildman–Crippen MR) is 119 cm³/mol. The van der Waals surface area contributed by atoms with E-state index in [0.29, 0.717) is 5.92 Å². The molecule has 1 aliphatic rings. The van der Waals surface area contributed by atoms with Crippen molar-refractivity contribution in [1.29, 1.82) is 0 Å². The van der Waals surface area contributed by atoms with E-state index in [2.05, 4.69) is 81.4 Å². The first kappa shape index (κ1) is 17.2. The van der Waals surface area contributed by atoms with E-state index >= 15 is 0 Å². The summed E-state index contributed by atoms with van der Waals surface area (Å²) >= 11 is 0. The number of hydrogen-bond donors (Lipinski definition) is 0. The minimum atomic E-state index is 0.639. The third-order valence-electron chi connectivity index (χ3n) is 5.85. The molecule has 1 aromatic heterocycles. The van der Waals surface area contributed by atoms with Crippen LogP contribution in [0.1, 0.15) is 36.1 Å². The minimum Gasteiger partial charge on any atom is -0.256 e. The van der Waals surface area contributed by atoms with Crippen LogP contribution in [0.25, 0.3) is 33.2 Å². The number of benzene rings is 3. The Hall–Kier alpha value is -2.93. The van der Waals surface area contributed by atoms with Gasteiger partial charge in [0.05, 0.1) is 5.69 Å². The van der Waals surface area contributed by atoms with Gasteiger partial charge < -0.3 is 0 Å². The molecule has 1 nitrogen and oxygen atoms in total. The molecule has 1 heteroatoms. The summed E-state index contributed by atoms with van der Waals surface area (Å²) in [5.74, 6) is 0.639. The maximum Gasteiger partial charge on any atom is 0.0783 e. The number of aromatic nitrogens is 1. The average Bonchev–Trinajstić information content (AvgIpc) is 3.05. The molecular formula is C27H25N. The van der Waals surface area contributed by atoms with Crippen molar-refractivity contribution in [3.05, 3.63) is 89.1 Å². The van der Waals surface area contributed by atoms with Gasteiger partial charge in [0.25, 0.3) is 0 Å². The van der Waals surface area contributed by atoms with Crippen LogP contribution in [0.4, 0.5) is 0 Å². The van der Waals surface area contributed by atoms with E-state index in [0.717, 1.165) is 18.5 Å². The van der Waals surface area contributed by atoms with Gasteiger partial charge in [-0.1, -0.05) is 62.4 Å². The number of pyridine rings is 1. The Morgan fingerprint density at radius 1 is 0.857 bits per heavy atom. The van der Waals surface area contributed by atoms with Crippen LogP contribution in [0, 0.1) is 12.8 Å². The van der Waals surface area contributed by atoms with Crippen LogP contribution < -0.4 is 0 Å². The van der Waals surface area contributed by atoms with Crippen molar-refractivity contribution in [2.75, 3.05) is 0 Å². The number of hydrogen-bond acceptors (Lipinski definition) is 1. The van der Waals surface area contributed by atoms with E-state index in [4.69, 9.17) is 4.98 Å². The lowest BCUT2D eigenvalue weighted by atomic mass is 9.91. The van der Waals surface area contributed by atoms with Gasteiger partial charge in [0.2, 0.25) is 0 Å². The highest BCUT2D eigenvalue weighted by molar-refractivity contribution is 5.99. The largest absolute Gasteiger partial charge is 0.256 e. The standard InChI is InChI=1S/C27H25N/c1-17(2)13-19-8-6-10-23-22(19)11-12-28-27(23)26-15-18(3)14-24-21-9-5-4-7-20(21)16-25(24)26/h4-12,14-15,17H,13,16H2,1-3H3. The van der Waals surface area contributed by atoms with Crippen LogP contribution in [0.15, 0.2) is 66.9 Å². The molecule has 0 unspecified atom stereocenters. The van der Waals surface area contributed by atoms with Crippen molar-refractivity contribution >= 4 is 10.8 Å². The maximum absolute atomic E-state index is 4.88. The fourth-order valence-corrected chi connectivity index (χ4v) is 4.69. The highest BCUT2D eigenvalue weighted by atomic mass is 14.7. The molecule has 0 spiro atoms. The molecule has 4 aromatic rings. The smallest absolute Gasteiger partial charge is 0.0783 e. The third-order valence-corrected chi connectivity index (χ3v) is 5.85. The quantitative estimate of drug-likeness (QED) is 0.337. The molecule has 138 valence electrons. The van der Waals surface area contributed by atoms with Gasteiger partial charge in [-0.2, -0.15) is 0 Å². The fourth-order valence-electron chi connectivity index (χ4n) is 4.69. The molecule has 0 bridgehead atoms. The van der Waals surface area contributed by atoms with E-state index < -0.39 is 0 Å². The van der Waals surface area contributed by atoms with Gasteiger partial charge in [0.15, 0.2) is 0 Å². The first-order valence-electron chi connectivity index (χ1n) is 10.2. The summed E-state index contributed by atoms with van der Waals surface area (Å²) in [6.45, 7) is 6.76. The maximum atomic E-state index is 4.88. The lowest BCUT2D eigenvalue weighted by Gasteiger charge is -2.15. The van der Waals surface area contributed by atoms with Crippen LogP contribution in [0.3, 0.4) is 0 Å². The predicted octanol–water partition coefficient (Wildman–Crippen LogP) is 6.98. The molecule has 0 amide bonds. The number of aryl methyl sites for hydroxylation is 1. The molecule has 5 rings (SSSR count). The van der Waals surface area contributed by atoms with Crippen LogP contribution >= 0.6 is 0 Å². The molecule has 0 radical (unpaired) electrons. The summed E-state index contributed by atoms with van der Waals surface area (Å²) in [6, 6.07) is 22.3. The molecule has 0 saturated heterocycles. The van der Waals surface area contributed by atoms with Gasteiger partial charge in [-0.05, 0) is 76.6 Å². The molecule has 1 heterocycles. The van der Waals surface area contributed by atoms with Gasteiger partial charge in [-0.3, -0.25) is 4.98 Å². The summed E-state index contributed by atoms with van der Waals surface area (Å²) < 4.78 is 0.